The summed E-state index contributed by atoms with van der Waals surface area (Å²) in [5, 5.41) is 10.7. The molecule has 0 N–H and O–H groups in total. The van der Waals surface area contributed by atoms with Gasteiger partial charge in [0.25, 0.3) is 5.91 Å². The Hall–Kier alpha value is -3.13. The molecule has 0 saturated carbocycles. The molecular weight excluding hydrogens is 376 g/mol. The zero-order valence-electron chi connectivity index (χ0n) is 15.1. The van der Waals surface area contributed by atoms with Gasteiger partial charge in [-0.25, -0.2) is 0 Å². The summed E-state index contributed by atoms with van der Waals surface area (Å²) >= 11 is 1.65. The molecule has 3 aromatic rings. The van der Waals surface area contributed by atoms with Gasteiger partial charge in [0.05, 0.1) is 4.88 Å². The minimum absolute atomic E-state index is 0.0112. The number of carbonyl (C=O) groups is 1. The normalized spacial score (nSPS) is 15.7. The molecule has 5 rings (SSSR count). The quantitative estimate of drug-likeness (QED) is 0.681. The van der Waals surface area contributed by atoms with E-state index in [1.807, 2.05) is 34.5 Å². The van der Waals surface area contributed by atoms with Crippen LogP contribution in [0.5, 0.6) is 11.5 Å². The topological polar surface area (TPSA) is 67.8 Å². The monoisotopic (exact) mass is 394 g/mol. The van der Waals surface area contributed by atoms with Crippen LogP contribution in [0.4, 0.5) is 5.82 Å². The van der Waals surface area contributed by atoms with E-state index in [0.717, 1.165) is 29.5 Å². The maximum atomic E-state index is 12.8. The summed E-state index contributed by atoms with van der Waals surface area (Å²) in [6.45, 7) is 2.94. The molecule has 1 saturated heterocycles. The lowest BCUT2D eigenvalue weighted by Crippen LogP contribution is -2.49. The van der Waals surface area contributed by atoms with E-state index in [1.165, 1.54) is 0 Å². The first kappa shape index (κ1) is 17.0. The average molecular weight is 394 g/mol. The van der Waals surface area contributed by atoms with Gasteiger partial charge in [-0.05, 0) is 41.8 Å². The summed E-state index contributed by atoms with van der Waals surface area (Å²) < 4.78 is 10.7. The number of nitrogens with zero attached hydrogens (tertiary/aromatic N) is 4. The second kappa shape index (κ2) is 7.12. The van der Waals surface area contributed by atoms with E-state index in [-0.39, 0.29) is 12.7 Å². The van der Waals surface area contributed by atoms with Crippen molar-refractivity contribution in [1.82, 2.24) is 15.1 Å². The smallest absolute Gasteiger partial charge is 0.254 e. The van der Waals surface area contributed by atoms with Crippen molar-refractivity contribution in [3.63, 3.8) is 0 Å². The molecule has 142 valence electrons. The van der Waals surface area contributed by atoms with Crippen molar-refractivity contribution in [2.24, 2.45) is 0 Å². The van der Waals surface area contributed by atoms with Gasteiger partial charge in [0.1, 0.15) is 5.69 Å². The number of carbonyl (C=O) groups excluding carboxylic acids is 1. The largest absolute Gasteiger partial charge is 0.454 e. The predicted octanol–water partition coefficient (Wildman–Crippen LogP) is 2.90. The summed E-state index contributed by atoms with van der Waals surface area (Å²) in [6.07, 6.45) is 0. The van der Waals surface area contributed by atoms with Crippen LogP contribution in [0.3, 0.4) is 0 Å². The molecule has 1 amide bonds. The summed E-state index contributed by atoms with van der Waals surface area (Å²) in [6, 6.07) is 13.4. The molecule has 2 aliphatic heterocycles. The maximum Gasteiger partial charge on any atom is 0.254 e. The lowest BCUT2D eigenvalue weighted by molar-refractivity contribution is 0.0746. The molecule has 1 aromatic carbocycles. The van der Waals surface area contributed by atoms with Crippen LogP contribution >= 0.6 is 11.3 Å². The van der Waals surface area contributed by atoms with E-state index in [1.54, 1.807) is 29.5 Å². The van der Waals surface area contributed by atoms with E-state index >= 15 is 0 Å². The average Bonchev–Trinajstić information content (AvgIpc) is 3.45. The number of benzene rings is 1. The molecule has 0 unspecified atom stereocenters. The Bertz CT molecular complexity index is 983. The highest BCUT2D eigenvalue weighted by Crippen LogP contribution is 2.33. The van der Waals surface area contributed by atoms with Gasteiger partial charge >= 0.3 is 0 Å². The Morgan fingerprint density at radius 1 is 0.964 bits per heavy atom. The van der Waals surface area contributed by atoms with Crippen molar-refractivity contribution in [2.45, 2.75) is 0 Å². The van der Waals surface area contributed by atoms with Crippen molar-refractivity contribution in [3.05, 3.63) is 53.4 Å². The van der Waals surface area contributed by atoms with Crippen molar-refractivity contribution >= 4 is 23.1 Å². The fraction of sp³-hybridized carbons (Fsp3) is 0.250. The minimum atomic E-state index is 0.0112. The first-order valence-corrected chi connectivity index (χ1v) is 9.97. The fourth-order valence-electron chi connectivity index (χ4n) is 3.40. The number of aromatic nitrogens is 2. The number of anilines is 1. The van der Waals surface area contributed by atoms with Crippen LogP contribution in [-0.4, -0.2) is 54.0 Å². The third-order valence-corrected chi connectivity index (χ3v) is 5.83. The summed E-state index contributed by atoms with van der Waals surface area (Å²) in [7, 11) is 0. The summed E-state index contributed by atoms with van der Waals surface area (Å²) in [5.41, 5.74) is 1.51. The van der Waals surface area contributed by atoms with Gasteiger partial charge < -0.3 is 19.3 Å². The van der Waals surface area contributed by atoms with Gasteiger partial charge in [-0.15, -0.1) is 21.5 Å². The van der Waals surface area contributed by atoms with Gasteiger partial charge in [-0.1, -0.05) is 6.07 Å². The molecule has 4 heterocycles. The molecule has 7 nitrogen and oxygen atoms in total. The Labute approximate surface area is 166 Å². The number of rotatable bonds is 3. The third kappa shape index (κ3) is 3.16. The third-order valence-electron chi connectivity index (χ3n) is 4.93. The molecule has 0 bridgehead atoms. The number of piperazine rings is 1. The second-order valence-corrected chi connectivity index (χ2v) is 7.55. The zero-order chi connectivity index (χ0) is 18.9. The van der Waals surface area contributed by atoms with Crippen molar-refractivity contribution in [1.29, 1.82) is 0 Å². The molecule has 2 aromatic heterocycles. The Kier molecular flexibility index (Phi) is 4.32. The van der Waals surface area contributed by atoms with Crippen molar-refractivity contribution in [2.75, 3.05) is 37.9 Å². The number of thiophene rings is 1. The van der Waals surface area contributed by atoms with Crippen LogP contribution in [0, 0.1) is 0 Å². The van der Waals surface area contributed by atoms with Crippen molar-refractivity contribution < 1.29 is 14.3 Å². The van der Waals surface area contributed by atoms with Crippen LogP contribution in [0.1, 0.15) is 10.4 Å². The fourth-order valence-corrected chi connectivity index (χ4v) is 4.09. The van der Waals surface area contributed by atoms with E-state index in [9.17, 15) is 4.79 Å². The Morgan fingerprint density at radius 2 is 1.82 bits per heavy atom. The predicted molar refractivity (Wildman–Crippen MR) is 106 cm³/mol. The molecule has 0 radical (unpaired) electrons. The van der Waals surface area contributed by atoms with Crippen molar-refractivity contribution in [3.8, 4) is 22.1 Å². The SMILES string of the molecule is O=C(c1ccc2c(c1)OCO2)N1CCN(c2ccc(-c3cccs3)nn2)CC1. The maximum absolute atomic E-state index is 12.8. The highest BCUT2D eigenvalue weighted by atomic mass is 32.1. The van der Waals surface area contributed by atoms with Gasteiger partial charge in [-0.3, -0.25) is 4.79 Å². The van der Waals surface area contributed by atoms with E-state index in [0.29, 0.717) is 30.2 Å². The van der Waals surface area contributed by atoms with Gasteiger partial charge in [-0.2, -0.15) is 0 Å². The lowest BCUT2D eigenvalue weighted by Gasteiger charge is -2.35. The molecular formula is C20H18N4O3S. The van der Waals surface area contributed by atoms with Crippen LogP contribution in [0.15, 0.2) is 47.8 Å². The van der Waals surface area contributed by atoms with E-state index in [2.05, 4.69) is 15.1 Å². The zero-order valence-corrected chi connectivity index (χ0v) is 15.9. The molecule has 8 heteroatoms. The van der Waals surface area contributed by atoms with E-state index < -0.39 is 0 Å². The first-order chi connectivity index (χ1) is 13.8. The molecule has 0 spiro atoms. The molecule has 2 aliphatic rings. The van der Waals surface area contributed by atoms with Crippen LogP contribution in [0.25, 0.3) is 10.6 Å². The Balaban J connectivity index is 1.23. The first-order valence-electron chi connectivity index (χ1n) is 9.09. The highest BCUT2D eigenvalue weighted by Gasteiger charge is 2.25. The van der Waals surface area contributed by atoms with Gasteiger partial charge in [0, 0.05) is 31.7 Å². The lowest BCUT2D eigenvalue weighted by atomic mass is 10.1. The second-order valence-electron chi connectivity index (χ2n) is 6.60. The van der Waals surface area contributed by atoms with Gasteiger partial charge in [0.2, 0.25) is 6.79 Å². The molecule has 0 atom stereocenters. The van der Waals surface area contributed by atoms with Crippen LogP contribution in [-0.2, 0) is 0 Å². The number of fused-ring (bicyclic) bond motifs is 1. The number of amides is 1. The molecule has 0 aliphatic carbocycles. The Morgan fingerprint density at radius 3 is 2.57 bits per heavy atom. The number of ether oxygens (including phenoxy) is 2. The van der Waals surface area contributed by atoms with Crippen LogP contribution < -0.4 is 14.4 Å². The summed E-state index contributed by atoms with van der Waals surface area (Å²) in [4.78, 5) is 17.9. The number of hydrogen-bond donors (Lipinski definition) is 0. The number of hydrogen-bond acceptors (Lipinski definition) is 7. The highest BCUT2D eigenvalue weighted by molar-refractivity contribution is 7.13. The standard InChI is InChI=1S/C20H18N4O3S/c25-20(14-3-5-16-17(12-14)27-13-26-16)24-9-7-23(8-10-24)19-6-4-15(21-22-19)18-2-1-11-28-18/h1-6,11-12H,7-10,13H2. The summed E-state index contributed by atoms with van der Waals surface area (Å²) in [5.74, 6) is 2.17. The van der Waals surface area contributed by atoms with Crippen LogP contribution in [0.2, 0.25) is 0 Å². The van der Waals surface area contributed by atoms with Gasteiger partial charge in [0.15, 0.2) is 17.3 Å². The minimum Gasteiger partial charge on any atom is -0.454 e. The molecule has 1 fully saturated rings. The van der Waals surface area contributed by atoms with E-state index in [4.69, 9.17) is 9.47 Å². The molecule has 28 heavy (non-hydrogen) atoms.